The number of rotatable bonds is 2. The summed E-state index contributed by atoms with van der Waals surface area (Å²) >= 11 is 0. The molecule has 22 heavy (non-hydrogen) atoms. The van der Waals surface area contributed by atoms with Crippen LogP contribution >= 0.6 is 0 Å². The van der Waals surface area contributed by atoms with Crippen molar-refractivity contribution >= 4 is 0 Å². The molecule has 0 amide bonds. The molecule has 114 valence electrons. The molecular formula is C14H11F3N4O. The molecule has 5 nitrogen and oxygen atoms in total. The second kappa shape index (κ2) is 4.97. The lowest BCUT2D eigenvalue weighted by Gasteiger charge is -2.02. The van der Waals surface area contributed by atoms with Gasteiger partial charge in [-0.15, -0.1) is 10.2 Å². The maximum atomic E-state index is 13.0. The van der Waals surface area contributed by atoms with E-state index in [1.807, 2.05) is 19.1 Å². The van der Waals surface area contributed by atoms with Gasteiger partial charge in [0.15, 0.2) is 5.69 Å². The van der Waals surface area contributed by atoms with E-state index in [1.165, 1.54) is 13.2 Å². The van der Waals surface area contributed by atoms with Gasteiger partial charge in [0.05, 0.1) is 5.56 Å². The van der Waals surface area contributed by atoms with Crippen molar-refractivity contribution in [1.82, 2.24) is 20.0 Å². The first kappa shape index (κ1) is 14.3. The molecule has 0 aliphatic rings. The smallest absolute Gasteiger partial charge is 0.416 e. The van der Waals surface area contributed by atoms with Gasteiger partial charge in [-0.05, 0) is 19.1 Å². The van der Waals surface area contributed by atoms with Crippen LogP contribution in [-0.2, 0) is 13.2 Å². The van der Waals surface area contributed by atoms with Crippen LogP contribution in [0.5, 0.6) is 0 Å². The quantitative estimate of drug-likeness (QED) is 0.727. The van der Waals surface area contributed by atoms with Gasteiger partial charge in [0.25, 0.3) is 5.89 Å². The van der Waals surface area contributed by atoms with Crippen LogP contribution in [0.15, 0.2) is 34.9 Å². The Morgan fingerprint density at radius 1 is 1.05 bits per heavy atom. The number of aromatic nitrogens is 4. The van der Waals surface area contributed by atoms with Crippen molar-refractivity contribution in [2.75, 3.05) is 0 Å². The lowest BCUT2D eigenvalue weighted by molar-refractivity contribution is -0.141. The van der Waals surface area contributed by atoms with E-state index in [4.69, 9.17) is 4.42 Å². The summed E-state index contributed by atoms with van der Waals surface area (Å²) in [4.78, 5) is 0. The van der Waals surface area contributed by atoms with Crippen LogP contribution in [0.3, 0.4) is 0 Å². The topological polar surface area (TPSA) is 56.7 Å². The molecule has 0 fully saturated rings. The maximum Gasteiger partial charge on any atom is 0.435 e. The van der Waals surface area contributed by atoms with Crippen LogP contribution in [-0.4, -0.2) is 20.0 Å². The van der Waals surface area contributed by atoms with Gasteiger partial charge in [-0.2, -0.15) is 18.3 Å². The fraction of sp³-hybridized carbons (Fsp3) is 0.214. The van der Waals surface area contributed by atoms with E-state index in [1.54, 1.807) is 12.1 Å². The average molecular weight is 308 g/mol. The summed E-state index contributed by atoms with van der Waals surface area (Å²) in [5, 5.41) is 10.9. The number of hydrogen-bond donors (Lipinski definition) is 0. The molecule has 0 atom stereocenters. The Hall–Kier alpha value is -2.64. The van der Waals surface area contributed by atoms with E-state index in [0.29, 0.717) is 5.56 Å². The molecular weight excluding hydrogens is 297 g/mol. The number of hydrogen-bond acceptors (Lipinski definition) is 4. The molecule has 0 saturated heterocycles. The molecule has 0 N–H and O–H groups in total. The van der Waals surface area contributed by atoms with Gasteiger partial charge >= 0.3 is 6.18 Å². The zero-order valence-corrected chi connectivity index (χ0v) is 11.7. The van der Waals surface area contributed by atoms with Crippen molar-refractivity contribution in [3.8, 4) is 22.9 Å². The third-order valence-corrected chi connectivity index (χ3v) is 3.05. The summed E-state index contributed by atoms with van der Waals surface area (Å²) in [5.41, 5.74) is 0.409. The monoisotopic (exact) mass is 308 g/mol. The average Bonchev–Trinajstić information content (AvgIpc) is 3.05. The van der Waals surface area contributed by atoms with Crippen LogP contribution in [0.25, 0.3) is 22.9 Å². The summed E-state index contributed by atoms with van der Waals surface area (Å²) in [6.07, 6.45) is -3.38. The van der Waals surface area contributed by atoms with E-state index in [0.717, 1.165) is 10.2 Å². The van der Waals surface area contributed by atoms with Gasteiger partial charge in [-0.1, -0.05) is 17.7 Å². The molecule has 0 bridgehead atoms. The maximum absolute atomic E-state index is 13.0. The van der Waals surface area contributed by atoms with Crippen LogP contribution in [0.4, 0.5) is 13.2 Å². The Labute approximate surface area is 123 Å². The first-order chi connectivity index (χ1) is 10.3. The first-order valence-corrected chi connectivity index (χ1v) is 6.36. The summed E-state index contributed by atoms with van der Waals surface area (Å²) in [5.74, 6) is -0.0528. The van der Waals surface area contributed by atoms with Gasteiger partial charge < -0.3 is 4.42 Å². The van der Waals surface area contributed by atoms with E-state index in [-0.39, 0.29) is 17.3 Å². The zero-order valence-electron chi connectivity index (χ0n) is 11.7. The highest BCUT2D eigenvalue weighted by Crippen LogP contribution is 2.36. The summed E-state index contributed by atoms with van der Waals surface area (Å²) in [6.45, 7) is 1.92. The standard InChI is InChI=1S/C14H11F3N4O/c1-8-3-5-9(6-4-8)12-18-19-13(22-12)10-7-21(2)20-11(10)14(15,16)17/h3-7H,1-2H3. The van der Waals surface area contributed by atoms with Crippen molar-refractivity contribution in [2.45, 2.75) is 13.1 Å². The van der Waals surface area contributed by atoms with Gasteiger partial charge in [0, 0.05) is 18.8 Å². The van der Waals surface area contributed by atoms with Gasteiger partial charge in [0.2, 0.25) is 5.89 Å². The molecule has 2 aromatic heterocycles. The van der Waals surface area contributed by atoms with Crippen LogP contribution < -0.4 is 0 Å². The number of halogens is 3. The first-order valence-electron chi connectivity index (χ1n) is 6.36. The number of aryl methyl sites for hydroxylation is 2. The molecule has 0 radical (unpaired) electrons. The van der Waals surface area contributed by atoms with Gasteiger partial charge in [-0.25, -0.2) is 0 Å². The summed E-state index contributed by atoms with van der Waals surface area (Å²) in [6, 6.07) is 7.23. The Kier molecular flexibility index (Phi) is 3.23. The lowest BCUT2D eigenvalue weighted by Crippen LogP contribution is -2.08. The zero-order chi connectivity index (χ0) is 15.9. The molecule has 0 aliphatic heterocycles. The van der Waals surface area contributed by atoms with E-state index in [9.17, 15) is 13.2 Å². The van der Waals surface area contributed by atoms with Crippen LogP contribution in [0, 0.1) is 6.92 Å². The van der Waals surface area contributed by atoms with Crippen molar-refractivity contribution in [2.24, 2.45) is 7.05 Å². The summed E-state index contributed by atoms with van der Waals surface area (Å²) in [7, 11) is 1.40. The summed E-state index contributed by atoms with van der Waals surface area (Å²) < 4.78 is 45.3. The third-order valence-electron chi connectivity index (χ3n) is 3.05. The van der Waals surface area contributed by atoms with Gasteiger partial charge in [-0.3, -0.25) is 4.68 Å². The van der Waals surface area contributed by atoms with Crippen molar-refractivity contribution in [1.29, 1.82) is 0 Å². The largest absolute Gasteiger partial charge is 0.435 e. The normalized spacial score (nSPS) is 11.9. The second-order valence-electron chi connectivity index (χ2n) is 4.84. The van der Waals surface area contributed by atoms with Crippen molar-refractivity contribution in [3.05, 3.63) is 41.7 Å². The molecule has 1 aromatic carbocycles. The second-order valence-corrected chi connectivity index (χ2v) is 4.84. The van der Waals surface area contributed by atoms with E-state index >= 15 is 0 Å². The van der Waals surface area contributed by atoms with Crippen LogP contribution in [0.1, 0.15) is 11.3 Å². The van der Waals surface area contributed by atoms with Crippen LogP contribution in [0.2, 0.25) is 0 Å². The molecule has 3 rings (SSSR count). The molecule has 2 heterocycles. The molecule has 0 aliphatic carbocycles. The molecule has 0 saturated carbocycles. The number of alkyl halides is 3. The predicted octanol–water partition coefficient (Wildman–Crippen LogP) is 3.46. The highest BCUT2D eigenvalue weighted by Gasteiger charge is 2.38. The molecule has 8 heteroatoms. The Morgan fingerprint density at radius 2 is 1.68 bits per heavy atom. The lowest BCUT2D eigenvalue weighted by atomic mass is 10.1. The fourth-order valence-electron chi connectivity index (χ4n) is 2.00. The molecule has 3 aromatic rings. The van der Waals surface area contributed by atoms with Gasteiger partial charge in [0.1, 0.15) is 0 Å². The van der Waals surface area contributed by atoms with E-state index in [2.05, 4.69) is 15.3 Å². The predicted molar refractivity (Wildman–Crippen MR) is 71.7 cm³/mol. The van der Waals surface area contributed by atoms with E-state index < -0.39 is 11.9 Å². The Balaban J connectivity index is 2.03. The Morgan fingerprint density at radius 3 is 2.32 bits per heavy atom. The van der Waals surface area contributed by atoms with Crippen molar-refractivity contribution in [3.63, 3.8) is 0 Å². The number of benzene rings is 1. The highest BCUT2D eigenvalue weighted by atomic mass is 19.4. The molecule has 0 spiro atoms. The Bertz CT molecular complexity index is 802. The minimum absolute atomic E-state index is 0.159. The minimum atomic E-state index is -4.59. The minimum Gasteiger partial charge on any atom is -0.416 e. The number of nitrogens with zero attached hydrogens (tertiary/aromatic N) is 4. The fourth-order valence-corrected chi connectivity index (χ4v) is 2.00. The molecule has 0 unspecified atom stereocenters. The highest BCUT2D eigenvalue weighted by molar-refractivity contribution is 5.59. The third kappa shape index (κ3) is 2.59. The SMILES string of the molecule is Cc1ccc(-c2nnc(-c3cn(C)nc3C(F)(F)F)o2)cc1. The van der Waals surface area contributed by atoms with Crippen molar-refractivity contribution < 1.29 is 17.6 Å².